The van der Waals surface area contributed by atoms with Crippen molar-refractivity contribution in [2.24, 2.45) is 0 Å². The average Bonchev–Trinajstić information content (AvgIpc) is 2.32. The zero-order valence-electron chi connectivity index (χ0n) is 11.2. The molecule has 1 aliphatic heterocycles. The first-order valence-corrected chi connectivity index (χ1v) is 6.50. The lowest BCUT2D eigenvalue weighted by Gasteiger charge is -2.41. The lowest BCUT2D eigenvalue weighted by Crippen LogP contribution is -2.58. The number of piperazine rings is 1. The third-order valence-electron chi connectivity index (χ3n) is 3.71. The highest BCUT2D eigenvalue weighted by atomic mass is 15.2. The van der Waals surface area contributed by atoms with E-state index >= 15 is 0 Å². The second-order valence-electron chi connectivity index (χ2n) is 5.36. The van der Waals surface area contributed by atoms with Crippen LogP contribution in [-0.4, -0.2) is 35.1 Å². The Kier molecular flexibility index (Phi) is 3.79. The van der Waals surface area contributed by atoms with E-state index in [1.165, 1.54) is 12.0 Å². The van der Waals surface area contributed by atoms with Crippen LogP contribution in [0.15, 0.2) is 18.3 Å². The fraction of sp³-hybridized carbons (Fsp3) is 0.643. The molecule has 1 N–H and O–H groups in total. The zero-order valence-corrected chi connectivity index (χ0v) is 11.2. The first kappa shape index (κ1) is 12.5. The molecule has 2 rings (SSSR count). The monoisotopic (exact) mass is 233 g/mol. The zero-order chi connectivity index (χ0) is 12.3. The minimum atomic E-state index is 0.274. The molecule has 94 valence electrons. The number of hydrogen-bond acceptors (Lipinski definition) is 3. The van der Waals surface area contributed by atoms with Gasteiger partial charge in [-0.15, -0.1) is 0 Å². The summed E-state index contributed by atoms with van der Waals surface area (Å²) in [7, 11) is 0. The summed E-state index contributed by atoms with van der Waals surface area (Å²) in [5.74, 6) is 0. The molecule has 17 heavy (non-hydrogen) atoms. The van der Waals surface area contributed by atoms with Crippen LogP contribution in [0.3, 0.4) is 0 Å². The molecular weight excluding hydrogens is 210 g/mol. The fourth-order valence-electron chi connectivity index (χ4n) is 2.37. The van der Waals surface area contributed by atoms with Crippen LogP contribution in [0.1, 0.15) is 31.5 Å². The van der Waals surface area contributed by atoms with Crippen LogP contribution in [-0.2, 0) is 6.54 Å². The smallest absolute Gasteiger partial charge is 0.0372 e. The molecule has 1 unspecified atom stereocenters. The first-order chi connectivity index (χ1) is 8.11. The summed E-state index contributed by atoms with van der Waals surface area (Å²) in [5.41, 5.74) is 2.68. The molecule has 1 aromatic heterocycles. The lowest BCUT2D eigenvalue weighted by molar-refractivity contribution is 0.133. The summed E-state index contributed by atoms with van der Waals surface area (Å²) in [5, 5.41) is 3.61. The molecule has 0 amide bonds. The molecule has 1 atom stereocenters. The summed E-state index contributed by atoms with van der Waals surface area (Å²) >= 11 is 0. The van der Waals surface area contributed by atoms with Crippen molar-refractivity contribution >= 4 is 0 Å². The maximum Gasteiger partial charge on any atom is 0.0372 e. The number of aromatic nitrogens is 1. The molecule has 1 fully saturated rings. The Morgan fingerprint density at radius 2 is 2.29 bits per heavy atom. The molecule has 1 aromatic rings. The van der Waals surface area contributed by atoms with Gasteiger partial charge in [0, 0.05) is 43.6 Å². The molecule has 0 aliphatic carbocycles. The van der Waals surface area contributed by atoms with E-state index in [0.717, 1.165) is 31.9 Å². The van der Waals surface area contributed by atoms with Crippen LogP contribution >= 0.6 is 0 Å². The van der Waals surface area contributed by atoms with E-state index in [0.29, 0.717) is 0 Å². The topological polar surface area (TPSA) is 28.2 Å². The van der Waals surface area contributed by atoms with Crippen molar-refractivity contribution in [3.8, 4) is 0 Å². The molecule has 0 spiro atoms. The van der Waals surface area contributed by atoms with Gasteiger partial charge < -0.3 is 5.32 Å². The quantitative estimate of drug-likeness (QED) is 0.865. The molecule has 0 bridgehead atoms. The minimum Gasteiger partial charge on any atom is -0.309 e. The van der Waals surface area contributed by atoms with E-state index < -0.39 is 0 Å². The fourth-order valence-corrected chi connectivity index (χ4v) is 2.37. The highest BCUT2D eigenvalue weighted by Crippen LogP contribution is 2.17. The number of rotatable bonds is 3. The molecule has 2 heterocycles. The Hall–Kier alpha value is -0.930. The second-order valence-corrected chi connectivity index (χ2v) is 5.36. The predicted octanol–water partition coefficient (Wildman–Crippen LogP) is 1.96. The lowest BCUT2D eigenvalue weighted by atomic mass is 9.95. The van der Waals surface area contributed by atoms with Crippen LogP contribution in [0, 0.1) is 6.92 Å². The van der Waals surface area contributed by atoms with Gasteiger partial charge in [0.25, 0.3) is 0 Å². The van der Waals surface area contributed by atoms with Gasteiger partial charge in [0.15, 0.2) is 0 Å². The van der Waals surface area contributed by atoms with Crippen molar-refractivity contribution in [1.29, 1.82) is 0 Å². The second kappa shape index (κ2) is 5.15. The summed E-state index contributed by atoms with van der Waals surface area (Å²) in [6.07, 6.45) is 3.18. The number of nitrogens with one attached hydrogen (secondary N) is 1. The Labute approximate surface area is 104 Å². The Morgan fingerprint density at radius 3 is 2.94 bits per heavy atom. The third kappa shape index (κ3) is 3.27. The normalized spacial score (nSPS) is 26.1. The van der Waals surface area contributed by atoms with Crippen molar-refractivity contribution in [2.45, 2.75) is 39.3 Å². The van der Waals surface area contributed by atoms with Gasteiger partial charge in [0.1, 0.15) is 0 Å². The van der Waals surface area contributed by atoms with Gasteiger partial charge >= 0.3 is 0 Å². The molecular formula is C14H23N3. The molecule has 1 aliphatic rings. The highest BCUT2D eigenvalue weighted by molar-refractivity contribution is 5.13. The van der Waals surface area contributed by atoms with E-state index in [9.17, 15) is 0 Å². The summed E-state index contributed by atoms with van der Waals surface area (Å²) in [6, 6.07) is 4.28. The Morgan fingerprint density at radius 1 is 1.47 bits per heavy atom. The van der Waals surface area contributed by atoms with Crippen molar-refractivity contribution in [1.82, 2.24) is 15.2 Å². The summed E-state index contributed by atoms with van der Waals surface area (Å²) in [6.45, 7) is 11.0. The van der Waals surface area contributed by atoms with Gasteiger partial charge in [-0.05, 0) is 31.9 Å². The predicted molar refractivity (Wildman–Crippen MR) is 70.9 cm³/mol. The molecule has 0 radical (unpaired) electrons. The number of pyridine rings is 1. The molecule has 1 saturated heterocycles. The maximum absolute atomic E-state index is 4.36. The van der Waals surface area contributed by atoms with Gasteiger partial charge in [0.2, 0.25) is 0 Å². The molecule has 3 nitrogen and oxygen atoms in total. The number of aryl methyl sites for hydroxylation is 1. The minimum absolute atomic E-state index is 0.274. The largest absolute Gasteiger partial charge is 0.309 e. The molecule has 0 aromatic carbocycles. The van der Waals surface area contributed by atoms with Crippen LogP contribution in [0.5, 0.6) is 0 Å². The van der Waals surface area contributed by atoms with Gasteiger partial charge in [0.05, 0.1) is 0 Å². The van der Waals surface area contributed by atoms with Crippen molar-refractivity contribution in [3.05, 3.63) is 29.6 Å². The third-order valence-corrected chi connectivity index (χ3v) is 3.71. The number of nitrogens with zero attached hydrogens (tertiary/aromatic N) is 2. The van der Waals surface area contributed by atoms with Crippen molar-refractivity contribution in [3.63, 3.8) is 0 Å². The van der Waals surface area contributed by atoms with Gasteiger partial charge in [-0.3, -0.25) is 9.88 Å². The maximum atomic E-state index is 4.36. The van der Waals surface area contributed by atoms with Crippen LogP contribution in [0.25, 0.3) is 0 Å². The van der Waals surface area contributed by atoms with Crippen molar-refractivity contribution < 1.29 is 0 Å². The van der Waals surface area contributed by atoms with E-state index in [1.54, 1.807) is 0 Å². The van der Waals surface area contributed by atoms with Crippen LogP contribution < -0.4 is 5.32 Å². The van der Waals surface area contributed by atoms with Gasteiger partial charge in [-0.1, -0.05) is 13.0 Å². The van der Waals surface area contributed by atoms with E-state index in [-0.39, 0.29) is 5.54 Å². The first-order valence-electron chi connectivity index (χ1n) is 6.50. The SMILES string of the molecule is CCC1(C)CN(Cc2ccc(C)nc2)CCN1. The summed E-state index contributed by atoms with van der Waals surface area (Å²) < 4.78 is 0. The Balaban J connectivity index is 1.97. The molecule has 0 saturated carbocycles. The van der Waals surface area contributed by atoms with Crippen molar-refractivity contribution in [2.75, 3.05) is 19.6 Å². The van der Waals surface area contributed by atoms with Gasteiger partial charge in [-0.2, -0.15) is 0 Å². The standard InChI is InChI=1S/C14H23N3/c1-4-14(3)11-17(8-7-16-14)10-13-6-5-12(2)15-9-13/h5-6,9,16H,4,7-8,10-11H2,1-3H3. The average molecular weight is 233 g/mol. The van der Waals surface area contributed by atoms with Gasteiger partial charge in [-0.25, -0.2) is 0 Å². The van der Waals surface area contributed by atoms with Crippen LogP contribution in [0.4, 0.5) is 0 Å². The highest BCUT2D eigenvalue weighted by Gasteiger charge is 2.28. The van der Waals surface area contributed by atoms with E-state index in [1.807, 2.05) is 13.1 Å². The van der Waals surface area contributed by atoms with Crippen LogP contribution in [0.2, 0.25) is 0 Å². The number of hydrogen-bond donors (Lipinski definition) is 1. The van der Waals surface area contributed by atoms with E-state index in [2.05, 4.69) is 41.2 Å². The summed E-state index contributed by atoms with van der Waals surface area (Å²) in [4.78, 5) is 6.88. The van der Waals surface area contributed by atoms with E-state index in [4.69, 9.17) is 0 Å². The molecule has 3 heteroatoms. The Bertz CT molecular complexity index is 360.